The van der Waals surface area contributed by atoms with Gasteiger partial charge in [0.15, 0.2) is 0 Å². The molecule has 2 aromatic carbocycles. The zero-order valence-corrected chi connectivity index (χ0v) is 19.5. The van der Waals surface area contributed by atoms with Crippen LogP contribution in [0, 0.1) is 12.7 Å². The summed E-state index contributed by atoms with van der Waals surface area (Å²) in [5.41, 5.74) is 1.80. The quantitative estimate of drug-likeness (QED) is 0.377. The molecule has 1 atom stereocenters. The highest BCUT2D eigenvalue weighted by molar-refractivity contribution is 7.89. The summed E-state index contributed by atoms with van der Waals surface area (Å²) < 4.78 is 48.8. The Bertz CT molecular complexity index is 1540. The summed E-state index contributed by atoms with van der Waals surface area (Å²) in [5.74, 6) is -1.83. The van der Waals surface area contributed by atoms with Crippen LogP contribution in [0.3, 0.4) is 0 Å². The van der Waals surface area contributed by atoms with Gasteiger partial charge in [-0.15, -0.1) is 0 Å². The van der Waals surface area contributed by atoms with Crippen molar-refractivity contribution in [3.05, 3.63) is 112 Å². The summed E-state index contributed by atoms with van der Waals surface area (Å²) in [5, 5.41) is 0. The molecule has 0 spiro atoms. The van der Waals surface area contributed by atoms with Gasteiger partial charge in [-0.1, -0.05) is 48.5 Å². The minimum Gasteiger partial charge on any atom is -0.458 e. The van der Waals surface area contributed by atoms with Crippen molar-refractivity contribution < 1.29 is 22.3 Å². The highest BCUT2D eigenvalue weighted by Crippen LogP contribution is 2.16. The molecule has 0 aliphatic carbocycles. The van der Waals surface area contributed by atoms with Gasteiger partial charge in [-0.2, -0.15) is 4.72 Å². The van der Waals surface area contributed by atoms with Gasteiger partial charge >= 0.3 is 5.97 Å². The predicted molar refractivity (Wildman–Crippen MR) is 127 cm³/mol. The fourth-order valence-corrected chi connectivity index (χ4v) is 4.78. The number of nitrogens with one attached hydrogen (secondary N) is 1. The summed E-state index contributed by atoms with van der Waals surface area (Å²) in [6.45, 7) is 1.50. The molecule has 0 amide bonds. The summed E-state index contributed by atoms with van der Waals surface area (Å²) in [4.78, 5) is 29.1. The van der Waals surface area contributed by atoms with Gasteiger partial charge in [-0.3, -0.25) is 14.0 Å². The largest absolute Gasteiger partial charge is 0.458 e. The number of ether oxygens (including phenoxy) is 1. The third-order valence-electron chi connectivity index (χ3n) is 5.21. The van der Waals surface area contributed by atoms with Crippen LogP contribution >= 0.6 is 0 Å². The van der Waals surface area contributed by atoms with Crippen LogP contribution < -0.4 is 10.3 Å². The zero-order chi connectivity index (χ0) is 25.0. The number of carbonyl (C=O) groups excluding carboxylic acids is 1. The molecule has 0 saturated heterocycles. The normalized spacial score (nSPS) is 12.4. The van der Waals surface area contributed by atoms with Crippen LogP contribution in [-0.4, -0.2) is 29.8 Å². The number of hydrogen-bond acceptors (Lipinski definition) is 6. The Hall–Kier alpha value is -3.89. The van der Waals surface area contributed by atoms with Crippen molar-refractivity contribution in [2.75, 3.05) is 0 Å². The third kappa shape index (κ3) is 5.79. The molecule has 2 aromatic heterocycles. The van der Waals surface area contributed by atoms with Crippen LogP contribution in [0.1, 0.15) is 16.8 Å². The maximum absolute atomic E-state index is 14.1. The molecule has 4 aromatic rings. The van der Waals surface area contributed by atoms with Crippen LogP contribution in [-0.2, 0) is 32.6 Å². The first kappa shape index (κ1) is 24.2. The highest BCUT2D eigenvalue weighted by Gasteiger charge is 2.29. The van der Waals surface area contributed by atoms with E-state index in [4.69, 9.17) is 4.74 Å². The Morgan fingerprint density at radius 3 is 2.54 bits per heavy atom. The first-order chi connectivity index (χ1) is 16.7. The molecule has 1 N–H and O–H groups in total. The third-order valence-corrected chi connectivity index (χ3v) is 6.72. The smallest absolute Gasteiger partial charge is 0.324 e. The number of pyridine rings is 1. The molecule has 0 aliphatic heterocycles. The average molecular weight is 496 g/mol. The van der Waals surface area contributed by atoms with E-state index in [0.29, 0.717) is 11.2 Å². The van der Waals surface area contributed by atoms with Crippen molar-refractivity contribution in [1.82, 2.24) is 14.1 Å². The molecular weight excluding hydrogens is 473 g/mol. The van der Waals surface area contributed by atoms with Gasteiger partial charge in [0.1, 0.15) is 29.0 Å². The molecule has 35 heavy (non-hydrogen) atoms. The van der Waals surface area contributed by atoms with Crippen molar-refractivity contribution in [2.24, 2.45) is 0 Å². The van der Waals surface area contributed by atoms with Crippen molar-refractivity contribution in [3.63, 3.8) is 0 Å². The maximum Gasteiger partial charge on any atom is 0.324 e. The van der Waals surface area contributed by atoms with E-state index < -0.39 is 32.7 Å². The summed E-state index contributed by atoms with van der Waals surface area (Å²) in [6, 6.07) is 17.0. The standard InChI is InChI=1S/C25H22FN3O5S/c1-17-11-12-23-27-19(14-24(30)29(23)15-17)16-34-25(31)21(13-18-7-3-2-4-8-18)28-35(32,33)22-10-6-5-9-20(22)26/h2-12,14-15,21,28H,13,16H2,1H3/t21-/m0/s1. The number of benzene rings is 2. The average Bonchev–Trinajstić information content (AvgIpc) is 2.83. The molecule has 2 heterocycles. The Morgan fingerprint density at radius 1 is 1.09 bits per heavy atom. The number of sulfonamides is 1. The fraction of sp³-hybridized carbons (Fsp3) is 0.160. The van der Waals surface area contributed by atoms with Gasteiger partial charge in [0, 0.05) is 12.3 Å². The van der Waals surface area contributed by atoms with Crippen LogP contribution in [0.25, 0.3) is 5.65 Å². The lowest BCUT2D eigenvalue weighted by atomic mass is 10.1. The molecule has 4 rings (SSSR count). The molecule has 0 fully saturated rings. The second-order valence-electron chi connectivity index (χ2n) is 7.92. The summed E-state index contributed by atoms with van der Waals surface area (Å²) in [7, 11) is -4.37. The molecule has 8 nitrogen and oxygen atoms in total. The van der Waals surface area contributed by atoms with E-state index in [-0.39, 0.29) is 24.3 Å². The van der Waals surface area contributed by atoms with Gasteiger partial charge in [-0.05, 0) is 42.7 Å². The van der Waals surface area contributed by atoms with Gasteiger partial charge in [0.2, 0.25) is 10.0 Å². The van der Waals surface area contributed by atoms with E-state index in [0.717, 1.165) is 17.7 Å². The van der Waals surface area contributed by atoms with Gasteiger partial charge < -0.3 is 4.74 Å². The van der Waals surface area contributed by atoms with E-state index in [1.165, 1.54) is 22.6 Å². The Morgan fingerprint density at radius 2 is 1.80 bits per heavy atom. The summed E-state index contributed by atoms with van der Waals surface area (Å²) in [6.07, 6.45) is 1.62. The van der Waals surface area contributed by atoms with E-state index in [1.54, 1.807) is 48.7 Å². The van der Waals surface area contributed by atoms with E-state index >= 15 is 0 Å². The molecule has 0 bridgehead atoms. The van der Waals surface area contributed by atoms with Crippen molar-refractivity contribution in [1.29, 1.82) is 0 Å². The van der Waals surface area contributed by atoms with Gasteiger partial charge in [0.25, 0.3) is 5.56 Å². The molecule has 10 heteroatoms. The Balaban J connectivity index is 1.57. The molecular formula is C25H22FN3O5S. The number of aromatic nitrogens is 2. The van der Waals surface area contributed by atoms with Gasteiger partial charge in [-0.25, -0.2) is 17.8 Å². The number of nitrogens with zero attached hydrogens (tertiary/aromatic N) is 2. The number of hydrogen-bond donors (Lipinski definition) is 1. The molecule has 180 valence electrons. The topological polar surface area (TPSA) is 107 Å². The van der Waals surface area contributed by atoms with E-state index in [2.05, 4.69) is 9.71 Å². The van der Waals surface area contributed by atoms with Gasteiger partial charge in [0.05, 0.1) is 5.69 Å². The number of rotatable bonds is 8. The number of esters is 1. The minimum absolute atomic E-state index is 0.0273. The molecule has 0 unspecified atom stereocenters. The lowest BCUT2D eigenvalue weighted by Gasteiger charge is -2.18. The first-order valence-electron chi connectivity index (χ1n) is 10.7. The van der Waals surface area contributed by atoms with E-state index in [1.807, 2.05) is 6.92 Å². The lowest BCUT2D eigenvalue weighted by molar-refractivity contribution is -0.147. The van der Waals surface area contributed by atoms with Crippen LogP contribution in [0.5, 0.6) is 0 Å². The number of fused-ring (bicyclic) bond motifs is 1. The number of aryl methyl sites for hydroxylation is 1. The zero-order valence-electron chi connectivity index (χ0n) is 18.7. The Labute approximate surface area is 201 Å². The lowest BCUT2D eigenvalue weighted by Crippen LogP contribution is -2.43. The van der Waals surface area contributed by atoms with Crippen LogP contribution in [0.4, 0.5) is 4.39 Å². The second kappa shape index (κ2) is 10.2. The van der Waals surface area contributed by atoms with E-state index in [9.17, 15) is 22.4 Å². The van der Waals surface area contributed by atoms with Crippen LogP contribution in [0.15, 0.2) is 88.7 Å². The highest BCUT2D eigenvalue weighted by atomic mass is 32.2. The molecule has 0 saturated carbocycles. The number of carbonyl (C=O) groups is 1. The molecule has 0 aliphatic rings. The van der Waals surface area contributed by atoms with Crippen molar-refractivity contribution >= 4 is 21.6 Å². The maximum atomic E-state index is 14.1. The van der Waals surface area contributed by atoms with Crippen molar-refractivity contribution in [2.45, 2.75) is 30.9 Å². The van der Waals surface area contributed by atoms with Crippen molar-refractivity contribution in [3.8, 4) is 0 Å². The number of halogens is 1. The predicted octanol–water partition coefficient (Wildman–Crippen LogP) is 2.78. The summed E-state index contributed by atoms with van der Waals surface area (Å²) >= 11 is 0. The first-order valence-corrected chi connectivity index (χ1v) is 12.2. The SMILES string of the molecule is Cc1ccc2nc(COC(=O)[C@H](Cc3ccccc3)NS(=O)(=O)c3ccccc3F)cc(=O)n2c1. The Kier molecular flexibility index (Phi) is 7.04. The van der Waals surface area contributed by atoms with Crippen LogP contribution in [0.2, 0.25) is 0 Å². The monoisotopic (exact) mass is 495 g/mol. The minimum atomic E-state index is -4.37. The fourth-order valence-electron chi connectivity index (χ4n) is 3.51. The second-order valence-corrected chi connectivity index (χ2v) is 9.60. The molecule has 0 radical (unpaired) electrons.